The molecule has 0 saturated heterocycles. The maximum absolute atomic E-state index is 3.72. The lowest BCUT2D eigenvalue weighted by Crippen LogP contribution is -2.14. The Labute approximate surface area is 83.1 Å². The summed E-state index contributed by atoms with van der Waals surface area (Å²) in [6, 6.07) is 0. The smallest absolute Gasteiger partial charge is 0.0583 e. The van der Waals surface area contributed by atoms with Crippen molar-refractivity contribution in [2.45, 2.75) is 13.8 Å². The molecule has 0 rings (SSSR count). The van der Waals surface area contributed by atoms with Crippen LogP contribution in [0.4, 0.5) is 0 Å². The molecule has 0 aliphatic carbocycles. The van der Waals surface area contributed by atoms with Gasteiger partial charge in [-0.1, -0.05) is 6.58 Å². The van der Waals surface area contributed by atoms with E-state index in [1.54, 1.807) is 0 Å². The molecule has 0 spiro atoms. The second-order valence-corrected chi connectivity index (χ2v) is 3.79. The van der Waals surface area contributed by atoms with Crippen molar-refractivity contribution in [3.63, 3.8) is 0 Å². The third-order valence-corrected chi connectivity index (χ3v) is 1.66. The van der Waals surface area contributed by atoms with Crippen molar-refractivity contribution in [2.24, 2.45) is 0 Å². The van der Waals surface area contributed by atoms with E-state index in [-0.39, 0.29) is 0 Å². The highest BCUT2D eigenvalue weighted by Gasteiger charge is 1.96. The van der Waals surface area contributed by atoms with Gasteiger partial charge in [0.1, 0.15) is 0 Å². The molecule has 3 heteroatoms. The highest BCUT2D eigenvalue weighted by Crippen LogP contribution is 2.06. The molecule has 0 fully saturated rings. The average molecular weight is 266 g/mol. The van der Waals surface area contributed by atoms with Crippen molar-refractivity contribution < 1.29 is 0 Å². The fourth-order valence-corrected chi connectivity index (χ4v) is 1.26. The summed E-state index contributed by atoms with van der Waals surface area (Å²) < 4.78 is 2.00. The summed E-state index contributed by atoms with van der Waals surface area (Å²) in [5.74, 6) is 0. The van der Waals surface area contributed by atoms with Gasteiger partial charge in [-0.05, 0) is 20.0 Å². The van der Waals surface area contributed by atoms with Crippen LogP contribution in [0.2, 0.25) is 0 Å². The lowest BCUT2D eigenvalue weighted by molar-refractivity contribution is 0.485. The molecular formula is C8H15IN2. The summed E-state index contributed by atoms with van der Waals surface area (Å²) >= 11 is 2.22. The zero-order valence-electron chi connectivity index (χ0n) is 7.34. The van der Waals surface area contributed by atoms with E-state index < -0.39 is 0 Å². The van der Waals surface area contributed by atoms with Gasteiger partial charge in [-0.15, -0.1) is 0 Å². The Balaban J connectivity index is 4.18. The summed E-state index contributed by atoms with van der Waals surface area (Å²) in [6.07, 6.45) is 3.90. The predicted molar refractivity (Wildman–Crippen MR) is 58.1 cm³/mol. The van der Waals surface area contributed by atoms with Crippen molar-refractivity contribution in [3.05, 3.63) is 24.7 Å². The van der Waals surface area contributed by atoms with E-state index in [1.807, 2.05) is 16.4 Å². The van der Waals surface area contributed by atoms with E-state index in [0.29, 0.717) is 0 Å². The second kappa shape index (κ2) is 5.46. The van der Waals surface area contributed by atoms with Gasteiger partial charge in [0.25, 0.3) is 0 Å². The summed E-state index contributed by atoms with van der Waals surface area (Å²) in [7, 11) is 2.00. The molecule has 0 aromatic carbocycles. The summed E-state index contributed by atoms with van der Waals surface area (Å²) in [4.78, 5) is 2.09. The molecule has 0 radical (unpaired) electrons. The van der Waals surface area contributed by atoms with Crippen LogP contribution in [0.1, 0.15) is 13.8 Å². The molecule has 0 aromatic rings. The number of allylic oxidation sites excluding steroid dienone is 1. The molecule has 0 bridgehead atoms. The van der Waals surface area contributed by atoms with Crippen LogP contribution in [-0.4, -0.2) is 21.6 Å². The number of rotatable bonds is 4. The van der Waals surface area contributed by atoms with Gasteiger partial charge in [-0.3, -0.25) is 0 Å². The van der Waals surface area contributed by atoms with E-state index in [1.165, 1.54) is 5.70 Å². The van der Waals surface area contributed by atoms with Crippen LogP contribution in [0.25, 0.3) is 0 Å². The Kier molecular flexibility index (Phi) is 5.36. The van der Waals surface area contributed by atoms with Crippen LogP contribution in [0.3, 0.4) is 0 Å². The van der Waals surface area contributed by atoms with Crippen LogP contribution in [0, 0.1) is 0 Å². The van der Waals surface area contributed by atoms with E-state index in [9.17, 15) is 0 Å². The highest BCUT2D eigenvalue weighted by atomic mass is 127. The Hall–Kier alpha value is -0.190. The van der Waals surface area contributed by atoms with Crippen LogP contribution in [-0.2, 0) is 0 Å². The third kappa shape index (κ3) is 4.29. The zero-order valence-corrected chi connectivity index (χ0v) is 9.50. The minimum Gasteiger partial charge on any atom is -0.351 e. The standard InChI is InChI=1S/C8H15IN2/c1-5-11(6-2)8(3)7-10(4)9/h5,7H,1,6H2,2-4H3/b8-7-. The van der Waals surface area contributed by atoms with Gasteiger partial charge in [0, 0.05) is 25.5 Å². The topological polar surface area (TPSA) is 6.48 Å². The molecular weight excluding hydrogens is 251 g/mol. The van der Waals surface area contributed by atoms with Gasteiger partial charge < -0.3 is 8.01 Å². The highest BCUT2D eigenvalue weighted by molar-refractivity contribution is 14.1. The number of nitrogens with zero attached hydrogens (tertiary/aromatic N) is 2. The molecule has 0 aliphatic rings. The maximum atomic E-state index is 3.72. The predicted octanol–water partition coefficient (Wildman–Crippen LogP) is 2.59. The molecule has 0 aliphatic heterocycles. The van der Waals surface area contributed by atoms with Crippen LogP contribution in [0.5, 0.6) is 0 Å². The Morgan fingerprint density at radius 1 is 1.64 bits per heavy atom. The first-order valence-corrected chi connectivity index (χ1v) is 4.54. The van der Waals surface area contributed by atoms with Crippen molar-refractivity contribution >= 4 is 22.9 Å². The van der Waals surface area contributed by atoms with Gasteiger partial charge in [0.2, 0.25) is 0 Å². The van der Waals surface area contributed by atoms with Gasteiger partial charge in [-0.25, -0.2) is 0 Å². The quantitative estimate of drug-likeness (QED) is 0.570. The molecule has 0 amide bonds. The minimum absolute atomic E-state index is 0.969. The third-order valence-electron chi connectivity index (χ3n) is 1.38. The fraction of sp³-hybridized carbons (Fsp3) is 0.500. The van der Waals surface area contributed by atoms with Crippen molar-refractivity contribution in [1.29, 1.82) is 0 Å². The van der Waals surface area contributed by atoms with Crippen LogP contribution in [0.15, 0.2) is 24.7 Å². The summed E-state index contributed by atoms with van der Waals surface area (Å²) in [5.41, 5.74) is 1.21. The lowest BCUT2D eigenvalue weighted by atomic mass is 10.4. The molecule has 0 aromatic heterocycles. The Morgan fingerprint density at radius 2 is 2.18 bits per heavy atom. The molecule has 0 atom stereocenters. The van der Waals surface area contributed by atoms with E-state index in [0.717, 1.165) is 6.54 Å². The van der Waals surface area contributed by atoms with Gasteiger partial charge in [0.05, 0.1) is 22.9 Å². The van der Waals surface area contributed by atoms with Gasteiger partial charge in [0.15, 0.2) is 0 Å². The van der Waals surface area contributed by atoms with Crippen molar-refractivity contribution in [3.8, 4) is 0 Å². The molecule has 0 unspecified atom stereocenters. The second-order valence-electron chi connectivity index (χ2n) is 2.26. The monoisotopic (exact) mass is 266 g/mol. The molecule has 64 valence electrons. The number of hydrogen-bond donors (Lipinski definition) is 0. The average Bonchev–Trinajstić information content (AvgIpc) is 1.88. The van der Waals surface area contributed by atoms with E-state index in [2.05, 4.69) is 54.4 Å². The van der Waals surface area contributed by atoms with Crippen molar-refractivity contribution in [1.82, 2.24) is 8.01 Å². The number of halogens is 1. The van der Waals surface area contributed by atoms with Gasteiger partial charge >= 0.3 is 0 Å². The summed E-state index contributed by atoms with van der Waals surface area (Å²) in [6.45, 7) is 8.87. The molecule has 0 N–H and O–H groups in total. The van der Waals surface area contributed by atoms with E-state index in [4.69, 9.17) is 0 Å². The minimum atomic E-state index is 0.969. The van der Waals surface area contributed by atoms with E-state index >= 15 is 0 Å². The first kappa shape index (κ1) is 10.8. The van der Waals surface area contributed by atoms with Crippen LogP contribution >= 0.6 is 22.9 Å². The largest absolute Gasteiger partial charge is 0.351 e. The molecule has 11 heavy (non-hydrogen) atoms. The molecule has 0 heterocycles. The normalized spacial score (nSPS) is 11.1. The fourth-order valence-electron chi connectivity index (χ4n) is 0.854. The zero-order chi connectivity index (χ0) is 8.85. The maximum Gasteiger partial charge on any atom is 0.0583 e. The SMILES string of the molecule is C=CN(CC)/C(C)=C\N(C)I. The van der Waals surface area contributed by atoms with Crippen molar-refractivity contribution in [2.75, 3.05) is 13.6 Å². The Morgan fingerprint density at radius 3 is 2.45 bits per heavy atom. The Bertz CT molecular complexity index is 152. The van der Waals surface area contributed by atoms with Crippen LogP contribution < -0.4 is 0 Å². The first-order valence-electron chi connectivity index (χ1n) is 3.58. The molecule has 0 saturated carbocycles. The number of hydrogen-bond acceptors (Lipinski definition) is 2. The molecule has 2 nitrogen and oxygen atoms in total. The first-order chi connectivity index (χ1) is 5.11. The summed E-state index contributed by atoms with van der Waals surface area (Å²) in [5, 5.41) is 0. The van der Waals surface area contributed by atoms with Gasteiger partial charge in [-0.2, -0.15) is 0 Å². The lowest BCUT2D eigenvalue weighted by Gasteiger charge is -2.19.